The molecule has 2 aromatic carbocycles. The van der Waals surface area contributed by atoms with E-state index in [0.717, 1.165) is 12.1 Å². The summed E-state index contributed by atoms with van der Waals surface area (Å²) in [6.45, 7) is 5.16. The Morgan fingerprint density at radius 2 is 1.68 bits per heavy atom. The number of amides is 1. The van der Waals surface area contributed by atoms with Crippen LogP contribution >= 0.6 is 0 Å². The van der Waals surface area contributed by atoms with E-state index < -0.39 is 28.5 Å². The van der Waals surface area contributed by atoms with Crippen molar-refractivity contribution in [2.24, 2.45) is 5.41 Å². The number of allylic oxidation sites excluding steroid dienone is 1. The molecule has 0 fully saturated rings. The number of fused-ring (bicyclic) bond motifs is 1. The molecule has 1 aliphatic rings. The number of hydrogen-bond donors (Lipinski definition) is 0. The summed E-state index contributed by atoms with van der Waals surface area (Å²) in [4.78, 5) is 26.9. The molecule has 0 bridgehead atoms. The van der Waals surface area contributed by atoms with Crippen molar-refractivity contribution in [3.8, 4) is 0 Å². The lowest BCUT2D eigenvalue weighted by molar-refractivity contribution is -0.147. The molecule has 0 saturated heterocycles. The number of para-hydroxylation sites is 1. The van der Waals surface area contributed by atoms with Gasteiger partial charge in [0.25, 0.3) is 0 Å². The number of nitrogens with zero attached hydrogens (tertiary/aromatic N) is 1. The summed E-state index contributed by atoms with van der Waals surface area (Å²) in [7, 11) is 1.64. The van der Waals surface area contributed by atoms with E-state index in [-0.39, 0.29) is 12.3 Å². The molecule has 2 aromatic rings. The van der Waals surface area contributed by atoms with Gasteiger partial charge in [0.2, 0.25) is 5.91 Å². The average Bonchev–Trinajstić information content (AvgIpc) is 2.92. The normalized spacial score (nSPS) is 19.1. The highest BCUT2D eigenvalue weighted by molar-refractivity contribution is 6.10. The number of rotatable bonds is 4. The average molecular weight is 431 g/mol. The van der Waals surface area contributed by atoms with Gasteiger partial charge >= 0.3 is 12.1 Å². The molecule has 7 heteroatoms. The number of carbonyl (C=O) groups is 2. The molecule has 0 radical (unpaired) electrons. The van der Waals surface area contributed by atoms with E-state index >= 15 is 0 Å². The Bertz CT molecular complexity index is 1020. The van der Waals surface area contributed by atoms with Crippen LogP contribution in [0.4, 0.5) is 18.9 Å². The largest absolute Gasteiger partial charge is 0.434 e. The quantitative estimate of drug-likeness (QED) is 0.477. The molecule has 1 atom stereocenters. The summed E-state index contributed by atoms with van der Waals surface area (Å²) in [6, 6.07) is 11.8. The second kappa shape index (κ2) is 7.87. The Morgan fingerprint density at radius 3 is 2.26 bits per heavy atom. The van der Waals surface area contributed by atoms with Crippen molar-refractivity contribution in [2.75, 3.05) is 11.9 Å². The number of carbonyl (C=O) groups excluding carboxylic acids is 2. The molecule has 0 unspecified atom stereocenters. The van der Waals surface area contributed by atoms with Crippen LogP contribution < -0.4 is 4.90 Å². The van der Waals surface area contributed by atoms with Gasteiger partial charge in [-0.15, -0.1) is 0 Å². The van der Waals surface area contributed by atoms with Gasteiger partial charge < -0.3 is 9.64 Å². The zero-order valence-corrected chi connectivity index (χ0v) is 17.8. The van der Waals surface area contributed by atoms with Gasteiger partial charge in [0.1, 0.15) is 5.41 Å². The number of hydrogen-bond acceptors (Lipinski definition) is 3. The first-order valence-electron chi connectivity index (χ1n) is 9.80. The van der Waals surface area contributed by atoms with Crippen LogP contribution in [-0.2, 0) is 25.9 Å². The van der Waals surface area contributed by atoms with E-state index in [9.17, 15) is 22.8 Å². The van der Waals surface area contributed by atoms with Gasteiger partial charge in [-0.3, -0.25) is 9.59 Å². The highest BCUT2D eigenvalue weighted by atomic mass is 19.4. The summed E-state index contributed by atoms with van der Waals surface area (Å²) in [5.74, 6) is -0.692. The van der Waals surface area contributed by atoms with Crippen molar-refractivity contribution in [1.82, 2.24) is 0 Å². The molecular weight excluding hydrogens is 407 g/mol. The van der Waals surface area contributed by atoms with Gasteiger partial charge in [-0.2, -0.15) is 13.2 Å². The van der Waals surface area contributed by atoms with Crippen LogP contribution in [0.2, 0.25) is 0 Å². The zero-order chi connectivity index (χ0) is 23.0. The van der Waals surface area contributed by atoms with Crippen molar-refractivity contribution in [3.05, 3.63) is 77.6 Å². The van der Waals surface area contributed by atoms with Gasteiger partial charge in [-0.1, -0.05) is 30.3 Å². The van der Waals surface area contributed by atoms with Gasteiger partial charge in [-0.05, 0) is 62.6 Å². The maximum absolute atomic E-state index is 13.4. The smallest absolute Gasteiger partial charge is 0.416 e. The number of likely N-dealkylation sites (N-methyl/N-ethyl adjacent to an activating group) is 1. The monoisotopic (exact) mass is 431 g/mol. The molecule has 0 aromatic heterocycles. The highest BCUT2D eigenvalue weighted by Gasteiger charge is 2.50. The van der Waals surface area contributed by atoms with E-state index in [1.165, 1.54) is 23.3 Å². The van der Waals surface area contributed by atoms with E-state index in [1.54, 1.807) is 58.2 Å². The molecule has 1 aliphatic heterocycles. The fraction of sp³-hybridized carbons (Fsp3) is 0.333. The minimum atomic E-state index is -4.47. The Labute approximate surface area is 179 Å². The van der Waals surface area contributed by atoms with Gasteiger partial charge in [0, 0.05) is 12.7 Å². The van der Waals surface area contributed by atoms with Crippen molar-refractivity contribution in [3.63, 3.8) is 0 Å². The molecule has 3 rings (SSSR count). The first-order valence-corrected chi connectivity index (χ1v) is 9.80. The lowest BCUT2D eigenvalue weighted by Crippen LogP contribution is -2.39. The van der Waals surface area contributed by atoms with Crippen LogP contribution in [0.1, 0.15) is 43.9 Å². The second-order valence-corrected chi connectivity index (χ2v) is 8.59. The molecule has 0 N–H and O–H groups in total. The molecule has 0 aliphatic carbocycles. The molecular formula is C24H24F3NO3. The predicted octanol–water partition coefficient (Wildman–Crippen LogP) is 5.46. The lowest BCUT2D eigenvalue weighted by atomic mass is 9.72. The SMILES string of the molecule is CN1C(=O)[C@](C/C=C/OC(=O)C(C)(C)C)(c2ccc(C(F)(F)F)cc2)c2ccccc21. The molecule has 1 heterocycles. The van der Waals surface area contributed by atoms with Crippen molar-refractivity contribution in [1.29, 1.82) is 0 Å². The predicted molar refractivity (Wildman–Crippen MR) is 111 cm³/mol. The maximum Gasteiger partial charge on any atom is 0.416 e. The summed E-state index contributed by atoms with van der Waals surface area (Å²) < 4.78 is 44.3. The topological polar surface area (TPSA) is 46.6 Å². The van der Waals surface area contributed by atoms with E-state index in [2.05, 4.69) is 0 Å². The van der Waals surface area contributed by atoms with Crippen LogP contribution in [0.3, 0.4) is 0 Å². The molecule has 1 amide bonds. The number of anilines is 1. The first kappa shape index (κ1) is 22.6. The highest BCUT2D eigenvalue weighted by Crippen LogP contribution is 2.48. The van der Waals surface area contributed by atoms with Gasteiger partial charge in [0.05, 0.1) is 17.2 Å². The molecule has 164 valence electrons. The van der Waals surface area contributed by atoms with Crippen LogP contribution in [-0.4, -0.2) is 18.9 Å². The fourth-order valence-electron chi connectivity index (χ4n) is 3.69. The molecule has 0 spiro atoms. The van der Waals surface area contributed by atoms with E-state index in [1.807, 2.05) is 0 Å². The summed E-state index contributed by atoms with van der Waals surface area (Å²) in [5, 5.41) is 0. The van der Waals surface area contributed by atoms with Gasteiger partial charge in [-0.25, -0.2) is 0 Å². The summed E-state index contributed by atoms with van der Waals surface area (Å²) in [6.07, 6.45) is -1.54. The Morgan fingerprint density at radius 1 is 1.06 bits per heavy atom. The van der Waals surface area contributed by atoms with Crippen LogP contribution in [0.15, 0.2) is 60.9 Å². The third-order valence-corrected chi connectivity index (χ3v) is 5.41. The number of alkyl halides is 3. The summed E-state index contributed by atoms with van der Waals surface area (Å²) >= 11 is 0. The van der Waals surface area contributed by atoms with Crippen LogP contribution in [0.5, 0.6) is 0 Å². The number of ether oxygens (including phenoxy) is 1. The maximum atomic E-state index is 13.4. The Kier molecular flexibility index (Phi) is 5.74. The first-order chi connectivity index (χ1) is 14.4. The van der Waals surface area contributed by atoms with E-state index in [0.29, 0.717) is 16.8 Å². The Balaban J connectivity index is 2.04. The van der Waals surface area contributed by atoms with E-state index in [4.69, 9.17) is 4.74 Å². The van der Waals surface area contributed by atoms with Crippen LogP contribution in [0, 0.1) is 5.41 Å². The third-order valence-electron chi connectivity index (χ3n) is 5.41. The standard InChI is InChI=1S/C24H24F3NO3/c1-22(2,3)21(30)31-15-7-14-23(16-10-12-17(13-11-16)24(25,26)27)18-8-5-6-9-19(18)28(4)20(23)29/h5-13,15H,14H2,1-4H3/b15-7+/t23-/m1/s1. The summed E-state index contributed by atoms with van der Waals surface area (Å²) in [5.41, 5.74) is -0.880. The zero-order valence-electron chi connectivity index (χ0n) is 17.8. The number of esters is 1. The van der Waals surface area contributed by atoms with Crippen molar-refractivity contribution in [2.45, 2.75) is 38.8 Å². The lowest BCUT2D eigenvalue weighted by Gasteiger charge is -2.28. The molecule has 0 saturated carbocycles. The number of benzene rings is 2. The van der Waals surface area contributed by atoms with Crippen molar-refractivity contribution < 1.29 is 27.5 Å². The second-order valence-electron chi connectivity index (χ2n) is 8.59. The number of halogens is 3. The Hall–Kier alpha value is -3.09. The van der Waals surface area contributed by atoms with Crippen molar-refractivity contribution >= 4 is 17.6 Å². The third kappa shape index (κ3) is 4.09. The van der Waals surface area contributed by atoms with Gasteiger partial charge in [0.15, 0.2) is 0 Å². The minimum absolute atomic E-state index is 0.121. The molecule has 31 heavy (non-hydrogen) atoms. The van der Waals surface area contributed by atoms with Crippen LogP contribution in [0.25, 0.3) is 0 Å². The minimum Gasteiger partial charge on any atom is -0.434 e. The molecule has 4 nitrogen and oxygen atoms in total. The fourth-order valence-corrected chi connectivity index (χ4v) is 3.69.